The number of amides is 2. The normalized spacial score (nSPS) is 16.1. The van der Waals surface area contributed by atoms with Crippen LogP contribution in [-0.4, -0.2) is 47.4 Å². The monoisotopic (exact) mass is 262 g/mol. The van der Waals surface area contributed by atoms with Gasteiger partial charge in [0.05, 0.1) is 6.54 Å². The van der Waals surface area contributed by atoms with E-state index in [1.807, 2.05) is 0 Å². The van der Waals surface area contributed by atoms with E-state index in [1.54, 1.807) is 24.3 Å². The van der Waals surface area contributed by atoms with Gasteiger partial charge in [0.2, 0.25) is 5.91 Å². The van der Waals surface area contributed by atoms with Gasteiger partial charge in [0.1, 0.15) is 0 Å². The van der Waals surface area contributed by atoms with Crippen LogP contribution in [0.5, 0.6) is 0 Å². The summed E-state index contributed by atoms with van der Waals surface area (Å²) in [7, 11) is 0. The molecule has 1 aromatic rings. The fourth-order valence-electron chi connectivity index (χ4n) is 1.84. The van der Waals surface area contributed by atoms with Crippen LogP contribution in [-0.2, 0) is 4.79 Å². The Kier molecular flexibility index (Phi) is 3.65. The van der Waals surface area contributed by atoms with Gasteiger partial charge in [-0.1, -0.05) is 17.3 Å². The number of hydrogen-bond donors (Lipinski definition) is 3. The van der Waals surface area contributed by atoms with Crippen molar-refractivity contribution in [1.82, 2.24) is 10.2 Å². The van der Waals surface area contributed by atoms with Crippen molar-refractivity contribution in [3.63, 3.8) is 0 Å². The fourth-order valence-corrected chi connectivity index (χ4v) is 1.84. The Bertz CT molecular complexity index is 524. The van der Waals surface area contributed by atoms with Gasteiger partial charge in [-0.25, -0.2) is 0 Å². The molecule has 0 bridgehead atoms. The minimum atomic E-state index is -0.207. The largest absolute Gasteiger partial charge is 0.409 e. The molecule has 1 aliphatic rings. The number of benzene rings is 1. The molecule has 1 saturated heterocycles. The van der Waals surface area contributed by atoms with E-state index in [0.29, 0.717) is 24.2 Å². The zero-order valence-corrected chi connectivity index (χ0v) is 10.2. The van der Waals surface area contributed by atoms with Crippen LogP contribution in [0.2, 0.25) is 0 Å². The first-order chi connectivity index (χ1) is 9.11. The third kappa shape index (κ3) is 2.82. The highest BCUT2D eigenvalue weighted by Gasteiger charge is 2.22. The number of amidine groups is 1. The number of nitrogens with two attached hydrogens (primary N) is 1. The summed E-state index contributed by atoms with van der Waals surface area (Å²) in [5.41, 5.74) is 6.42. The summed E-state index contributed by atoms with van der Waals surface area (Å²) in [5, 5.41) is 14.1. The van der Waals surface area contributed by atoms with Crippen LogP contribution in [0.25, 0.3) is 0 Å². The molecular formula is C12H14N4O3. The van der Waals surface area contributed by atoms with Crippen molar-refractivity contribution < 1.29 is 14.8 Å². The van der Waals surface area contributed by atoms with E-state index in [0.717, 1.165) is 0 Å². The molecule has 1 fully saturated rings. The van der Waals surface area contributed by atoms with Gasteiger partial charge in [0.15, 0.2) is 5.84 Å². The first kappa shape index (κ1) is 12.9. The van der Waals surface area contributed by atoms with Crippen molar-refractivity contribution in [2.75, 3.05) is 19.6 Å². The maximum absolute atomic E-state index is 12.1. The average Bonchev–Trinajstić information content (AvgIpc) is 2.46. The summed E-state index contributed by atoms with van der Waals surface area (Å²) in [6.45, 7) is 1.03. The van der Waals surface area contributed by atoms with Crippen molar-refractivity contribution in [2.45, 2.75) is 0 Å². The van der Waals surface area contributed by atoms with Crippen LogP contribution in [0, 0.1) is 0 Å². The molecular weight excluding hydrogens is 248 g/mol. The Balaban J connectivity index is 2.13. The molecule has 0 spiro atoms. The number of rotatable bonds is 2. The zero-order chi connectivity index (χ0) is 13.8. The molecule has 7 heteroatoms. The summed E-state index contributed by atoms with van der Waals surface area (Å²) in [6, 6.07) is 6.35. The predicted molar refractivity (Wildman–Crippen MR) is 67.9 cm³/mol. The van der Waals surface area contributed by atoms with E-state index in [4.69, 9.17) is 10.9 Å². The quantitative estimate of drug-likeness (QED) is 0.285. The first-order valence-electron chi connectivity index (χ1n) is 5.76. The standard InChI is InChI=1S/C12H14N4O3/c13-11(15-19)8-1-3-9(4-2-8)12(18)16-6-5-14-10(17)7-16/h1-4,19H,5-7H2,(H2,13,15)(H,14,17). The van der Waals surface area contributed by atoms with E-state index in [9.17, 15) is 9.59 Å². The Morgan fingerprint density at radius 2 is 1.95 bits per heavy atom. The maximum Gasteiger partial charge on any atom is 0.254 e. The number of carbonyl (C=O) groups is 2. The van der Waals surface area contributed by atoms with Crippen molar-refractivity contribution in [2.24, 2.45) is 10.9 Å². The molecule has 0 aliphatic carbocycles. The SMILES string of the molecule is N/C(=N\O)c1ccc(C(=O)N2CCNC(=O)C2)cc1. The molecule has 0 saturated carbocycles. The van der Waals surface area contributed by atoms with E-state index < -0.39 is 0 Å². The minimum absolute atomic E-state index is 0.0173. The number of nitrogens with one attached hydrogen (secondary N) is 1. The third-order valence-corrected chi connectivity index (χ3v) is 2.86. The number of carbonyl (C=O) groups excluding carboxylic acids is 2. The molecule has 19 heavy (non-hydrogen) atoms. The number of nitrogens with zero attached hydrogens (tertiary/aromatic N) is 2. The molecule has 1 aromatic carbocycles. The van der Waals surface area contributed by atoms with Gasteiger partial charge >= 0.3 is 0 Å². The van der Waals surface area contributed by atoms with Gasteiger partial charge in [0, 0.05) is 24.2 Å². The third-order valence-electron chi connectivity index (χ3n) is 2.86. The molecule has 100 valence electrons. The van der Waals surface area contributed by atoms with E-state index in [-0.39, 0.29) is 24.2 Å². The van der Waals surface area contributed by atoms with Gasteiger partial charge in [0.25, 0.3) is 5.91 Å². The number of oxime groups is 1. The van der Waals surface area contributed by atoms with Gasteiger partial charge in [-0.3, -0.25) is 9.59 Å². The molecule has 0 unspecified atom stereocenters. The second-order valence-corrected chi connectivity index (χ2v) is 4.14. The molecule has 0 radical (unpaired) electrons. The van der Waals surface area contributed by atoms with Crippen molar-refractivity contribution >= 4 is 17.6 Å². The van der Waals surface area contributed by atoms with Crippen molar-refractivity contribution in [3.05, 3.63) is 35.4 Å². The molecule has 7 nitrogen and oxygen atoms in total. The van der Waals surface area contributed by atoms with E-state index in [1.165, 1.54) is 4.90 Å². The Labute approximate surface area is 109 Å². The lowest BCUT2D eigenvalue weighted by atomic mass is 10.1. The second-order valence-electron chi connectivity index (χ2n) is 4.14. The van der Waals surface area contributed by atoms with E-state index >= 15 is 0 Å². The van der Waals surface area contributed by atoms with Crippen molar-refractivity contribution in [1.29, 1.82) is 0 Å². The van der Waals surface area contributed by atoms with Crippen molar-refractivity contribution in [3.8, 4) is 0 Å². The van der Waals surface area contributed by atoms with Gasteiger partial charge in [-0.05, 0) is 12.1 Å². The van der Waals surface area contributed by atoms with Crippen LogP contribution >= 0.6 is 0 Å². The highest BCUT2D eigenvalue weighted by Crippen LogP contribution is 2.08. The number of hydrogen-bond acceptors (Lipinski definition) is 4. The van der Waals surface area contributed by atoms with Crippen LogP contribution in [0.4, 0.5) is 0 Å². The fraction of sp³-hybridized carbons (Fsp3) is 0.250. The average molecular weight is 262 g/mol. The Hall–Kier alpha value is -2.57. The minimum Gasteiger partial charge on any atom is -0.409 e. The zero-order valence-electron chi connectivity index (χ0n) is 10.2. The summed E-state index contributed by atoms with van der Waals surface area (Å²) in [6.07, 6.45) is 0. The molecule has 1 heterocycles. The van der Waals surface area contributed by atoms with E-state index in [2.05, 4.69) is 10.5 Å². The lowest BCUT2D eigenvalue weighted by Crippen LogP contribution is -2.49. The summed E-state index contributed by atoms with van der Waals surface area (Å²) in [4.78, 5) is 24.8. The highest BCUT2D eigenvalue weighted by atomic mass is 16.4. The Morgan fingerprint density at radius 1 is 1.32 bits per heavy atom. The molecule has 2 amide bonds. The highest BCUT2D eigenvalue weighted by molar-refractivity contribution is 6.00. The van der Waals surface area contributed by atoms with Crippen LogP contribution in [0.3, 0.4) is 0 Å². The topological polar surface area (TPSA) is 108 Å². The van der Waals surface area contributed by atoms with Gasteiger partial charge < -0.3 is 21.2 Å². The summed E-state index contributed by atoms with van der Waals surface area (Å²) < 4.78 is 0. The van der Waals surface area contributed by atoms with Crippen LogP contribution in [0.1, 0.15) is 15.9 Å². The second kappa shape index (κ2) is 5.38. The molecule has 0 atom stereocenters. The first-order valence-corrected chi connectivity index (χ1v) is 5.76. The maximum atomic E-state index is 12.1. The molecule has 1 aliphatic heterocycles. The predicted octanol–water partition coefficient (Wildman–Crippen LogP) is -0.647. The van der Waals surface area contributed by atoms with Crippen LogP contribution < -0.4 is 11.1 Å². The Morgan fingerprint density at radius 3 is 2.53 bits per heavy atom. The molecule has 2 rings (SSSR count). The molecule has 0 aromatic heterocycles. The molecule has 4 N–H and O–H groups in total. The number of piperazine rings is 1. The summed E-state index contributed by atoms with van der Waals surface area (Å²) in [5.74, 6) is -0.384. The lowest BCUT2D eigenvalue weighted by molar-refractivity contribution is -0.123. The lowest BCUT2D eigenvalue weighted by Gasteiger charge is -2.26. The smallest absolute Gasteiger partial charge is 0.254 e. The van der Waals surface area contributed by atoms with Gasteiger partial charge in [-0.2, -0.15) is 0 Å². The summed E-state index contributed by atoms with van der Waals surface area (Å²) >= 11 is 0. The van der Waals surface area contributed by atoms with Crippen LogP contribution in [0.15, 0.2) is 29.4 Å². The van der Waals surface area contributed by atoms with Gasteiger partial charge in [-0.15, -0.1) is 0 Å².